The van der Waals surface area contributed by atoms with Gasteiger partial charge in [0, 0.05) is 34.7 Å². The summed E-state index contributed by atoms with van der Waals surface area (Å²) in [7, 11) is 1.41. The monoisotopic (exact) mass is 441 g/mol. The first kappa shape index (κ1) is 23.0. The van der Waals surface area contributed by atoms with E-state index >= 15 is 0 Å². The van der Waals surface area contributed by atoms with Crippen LogP contribution in [0.5, 0.6) is 17.2 Å². The molecular formula is C20H27NO6S2. The summed E-state index contributed by atoms with van der Waals surface area (Å²) in [5, 5.41) is 4.86. The highest BCUT2D eigenvalue weighted by Gasteiger charge is 2.23. The van der Waals surface area contributed by atoms with Gasteiger partial charge in [0.1, 0.15) is 9.84 Å². The zero-order valence-corrected chi connectivity index (χ0v) is 18.9. The van der Waals surface area contributed by atoms with E-state index in [-0.39, 0.29) is 17.6 Å². The number of ether oxygens (including phenoxy) is 3. The van der Waals surface area contributed by atoms with Gasteiger partial charge in [0.05, 0.1) is 27.1 Å². The Morgan fingerprint density at radius 1 is 1.17 bits per heavy atom. The van der Waals surface area contributed by atoms with E-state index in [4.69, 9.17) is 14.2 Å². The van der Waals surface area contributed by atoms with Gasteiger partial charge in [-0.2, -0.15) is 0 Å². The number of sulfone groups is 1. The van der Waals surface area contributed by atoms with Crippen LogP contribution in [0.15, 0.2) is 23.6 Å². The minimum absolute atomic E-state index is 0.0641. The van der Waals surface area contributed by atoms with Crippen molar-refractivity contribution in [1.29, 1.82) is 0 Å². The van der Waals surface area contributed by atoms with E-state index in [1.165, 1.54) is 27.6 Å². The summed E-state index contributed by atoms with van der Waals surface area (Å²) in [6.45, 7) is 2.10. The molecule has 7 nitrogen and oxygen atoms in total. The number of thiophene rings is 1. The average Bonchev–Trinajstić information content (AvgIpc) is 3.20. The van der Waals surface area contributed by atoms with Crippen molar-refractivity contribution in [2.24, 2.45) is 0 Å². The van der Waals surface area contributed by atoms with Crippen LogP contribution >= 0.6 is 11.3 Å². The normalized spacial score (nSPS) is 12.3. The first-order chi connectivity index (χ1) is 13.7. The first-order valence-corrected chi connectivity index (χ1v) is 11.9. The highest BCUT2D eigenvalue weighted by Crippen LogP contribution is 2.41. The highest BCUT2D eigenvalue weighted by atomic mass is 32.2. The van der Waals surface area contributed by atoms with Crippen LogP contribution in [-0.2, 0) is 9.84 Å². The van der Waals surface area contributed by atoms with E-state index in [2.05, 4.69) is 5.32 Å². The fourth-order valence-electron chi connectivity index (χ4n) is 3.07. The lowest BCUT2D eigenvalue weighted by atomic mass is 10.0. The molecule has 0 aliphatic rings. The fourth-order valence-corrected chi connectivity index (χ4v) is 4.65. The predicted molar refractivity (Wildman–Crippen MR) is 115 cm³/mol. The number of benzene rings is 1. The molecule has 1 atom stereocenters. The van der Waals surface area contributed by atoms with Gasteiger partial charge in [-0.1, -0.05) is 6.07 Å². The van der Waals surface area contributed by atoms with E-state index in [1.54, 1.807) is 24.3 Å². The standard InChI is InChI=1S/C20H27NO6S2/c1-13-15(11-16(25-2)19(27-4)18(13)26-3)20(22)21-12-14(8-10-29(5,23)24)17-7-6-9-28-17/h6-7,9,11,14H,8,10,12H2,1-5H3,(H,21,22). The average molecular weight is 442 g/mol. The van der Waals surface area contributed by atoms with Gasteiger partial charge in [-0.15, -0.1) is 11.3 Å². The molecule has 0 aliphatic carbocycles. The van der Waals surface area contributed by atoms with Crippen molar-refractivity contribution in [3.05, 3.63) is 39.6 Å². The van der Waals surface area contributed by atoms with Gasteiger partial charge in [-0.3, -0.25) is 4.79 Å². The molecule has 160 valence electrons. The molecule has 0 aliphatic heterocycles. The van der Waals surface area contributed by atoms with Gasteiger partial charge in [-0.05, 0) is 30.9 Å². The Balaban J connectivity index is 2.23. The van der Waals surface area contributed by atoms with Gasteiger partial charge >= 0.3 is 0 Å². The summed E-state index contributed by atoms with van der Waals surface area (Å²) in [4.78, 5) is 13.9. The lowest BCUT2D eigenvalue weighted by Gasteiger charge is -2.19. The summed E-state index contributed by atoms with van der Waals surface area (Å²) >= 11 is 1.55. The van der Waals surface area contributed by atoms with Crippen molar-refractivity contribution in [1.82, 2.24) is 5.32 Å². The van der Waals surface area contributed by atoms with Gasteiger partial charge in [0.15, 0.2) is 11.5 Å². The molecule has 0 fully saturated rings. The van der Waals surface area contributed by atoms with Gasteiger partial charge < -0.3 is 19.5 Å². The van der Waals surface area contributed by atoms with E-state index in [0.717, 1.165) is 4.88 Å². The Hall–Kier alpha value is -2.26. The molecule has 1 unspecified atom stereocenters. The Morgan fingerprint density at radius 3 is 2.38 bits per heavy atom. The van der Waals surface area contributed by atoms with Crippen LogP contribution in [-0.4, -0.2) is 54.2 Å². The second-order valence-corrected chi connectivity index (χ2v) is 9.90. The first-order valence-electron chi connectivity index (χ1n) is 9.00. The Labute approximate surface area is 175 Å². The molecule has 29 heavy (non-hydrogen) atoms. The molecule has 1 aromatic carbocycles. The van der Waals surface area contributed by atoms with Crippen molar-refractivity contribution < 1.29 is 27.4 Å². The van der Waals surface area contributed by atoms with Crippen LogP contribution in [0.1, 0.15) is 33.1 Å². The van der Waals surface area contributed by atoms with E-state index in [1.807, 2.05) is 17.5 Å². The molecule has 0 bridgehead atoms. The SMILES string of the molecule is COc1cc(C(=O)NCC(CCS(C)(=O)=O)c2cccs2)c(C)c(OC)c1OC. The molecular weight excluding hydrogens is 414 g/mol. The summed E-state index contributed by atoms with van der Waals surface area (Å²) in [6.07, 6.45) is 1.66. The number of carbonyl (C=O) groups is 1. The van der Waals surface area contributed by atoms with Gasteiger partial charge in [0.25, 0.3) is 5.91 Å². The van der Waals surface area contributed by atoms with Crippen molar-refractivity contribution >= 4 is 27.1 Å². The number of hydrogen-bond acceptors (Lipinski definition) is 7. The smallest absolute Gasteiger partial charge is 0.251 e. The summed E-state index contributed by atoms with van der Waals surface area (Å²) in [6, 6.07) is 5.48. The lowest BCUT2D eigenvalue weighted by Crippen LogP contribution is -2.29. The zero-order chi connectivity index (χ0) is 21.6. The van der Waals surface area contributed by atoms with Gasteiger partial charge in [0.2, 0.25) is 5.75 Å². The minimum atomic E-state index is -3.09. The Morgan fingerprint density at radius 2 is 1.86 bits per heavy atom. The van der Waals surface area contributed by atoms with Crippen molar-refractivity contribution in [2.75, 3.05) is 39.9 Å². The number of hydrogen-bond donors (Lipinski definition) is 1. The molecule has 2 rings (SSSR count). The Bertz CT molecular complexity index is 938. The topological polar surface area (TPSA) is 90.9 Å². The molecule has 2 aromatic rings. The molecule has 0 saturated heterocycles. The van der Waals surface area contributed by atoms with E-state index in [0.29, 0.717) is 41.3 Å². The largest absolute Gasteiger partial charge is 0.493 e. The van der Waals surface area contributed by atoms with Crippen molar-refractivity contribution in [3.63, 3.8) is 0 Å². The molecule has 1 amide bonds. The van der Waals surface area contributed by atoms with E-state index < -0.39 is 9.84 Å². The number of carbonyl (C=O) groups excluding carboxylic acids is 1. The van der Waals surface area contributed by atoms with Crippen LogP contribution < -0.4 is 19.5 Å². The van der Waals surface area contributed by atoms with Crippen molar-refractivity contribution in [3.8, 4) is 17.2 Å². The number of nitrogens with one attached hydrogen (secondary N) is 1. The van der Waals surface area contributed by atoms with Crippen LogP contribution in [0.25, 0.3) is 0 Å². The van der Waals surface area contributed by atoms with Crippen LogP contribution in [0.3, 0.4) is 0 Å². The quantitative estimate of drug-likeness (QED) is 0.609. The number of methoxy groups -OCH3 is 3. The van der Waals surface area contributed by atoms with Gasteiger partial charge in [-0.25, -0.2) is 8.42 Å². The molecule has 1 heterocycles. The van der Waals surface area contributed by atoms with Crippen LogP contribution in [0.2, 0.25) is 0 Å². The maximum absolute atomic E-state index is 12.9. The van der Waals surface area contributed by atoms with Crippen LogP contribution in [0.4, 0.5) is 0 Å². The molecule has 0 radical (unpaired) electrons. The Kier molecular flexibility index (Phi) is 7.92. The summed E-state index contributed by atoms with van der Waals surface area (Å²) < 4.78 is 39.3. The molecule has 9 heteroatoms. The third kappa shape index (κ3) is 5.86. The minimum Gasteiger partial charge on any atom is -0.493 e. The van der Waals surface area contributed by atoms with E-state index in [9.17, 15) is 13.2 Å². The number of rotatable bonds is 10. The fraction of sp³-hybridized carbons (Fsp3) is 0.450. The second kappa shape index (κ2) is 9.98. The second-order valence-electron chi connectivity index (χ2n) is 6.66. The zero-order valence-electron chi connectivity index (χ0n) is 17.3. The third-order valence-corrected chi connectivity index (χ3v) is 6.63. The molecule has 0 spiro atoms. The summed E-state index contributed by atoms with van der Waals surface area (Å²) in [5.74, 6) is 0.942. The predicted octanol–water partition coefficient (Wildman–Crippen LogP) is 3.03. The maximum atomic E-state index is 12.9. The maximum Gasteiger partial charge on any atom is 0.251 e. The van der Waals surface area contributed by atoms with Crippen molar-refractivity contribution in [2.45, 2.75) is 19.3 Å². The molecule has 1 N–H and O–H groups in total. The van der Waals surface area contributed by atoms with Crippen LogP contribution in [0, 0.1) is 6.92 Å². The lowest BCUT2D eigenvalue weighted by molar-refractivity contribution is 0.0949. The number of amides is 1. The molecule has 0 saturated carbocycles. The third-order valence-electron chi connectivity index (χ3n) is 4.61. The highest BCUT2D eigenvalue weighted by molar-refractivity contribution is 7.90. The summed E-state index contributed by atoms with van der Waals surface area (Å²) in [5.41, 5.74) is 1.04. The molecule has 1 aromatic heterocycles.